The number of hydrogen-bond donors (Lipinski definition) is 1. The second-order valence-electron chi connectivity index (χ2n) is 8.83. The van der Waals surface area contributed by atoms with Crippen LogP contribution in [0, 0.1) is 23.7 Å². The summed E-state index contributed by atoms with van der Waals surface area (Å²) in [7, 11) is 1.54. The third kappa shape index (κ3) is 3.30. The van der Waals surface area contributed by atoms with Crippen molar-refractivity contribution >= 4 is 23.4 Å². The summed E-state index contributed by atoms with van der Waals surface area (Å²) in [6.45, 7) is 0. The number of nitrogens with zero attached hydrogens (tertiary/aromatic N) is 1. The number of imide groups is 1. The number of methoxy groups -OCH3 is 1. The minimum Gasteiger partial charge on any atom is -0.495 e. The van der Waals surface area contributed by atoms with Crippen molar-refractivity contribution in [2.75, 3.05) is 12.4 Å². The molecule has 2 bridgehead atoms. The van der Waals surface area contributed by atoms with Gasteiger partial charge in [0.1, 0.15) is 11.8 Å². The van der Waals surface area contributed by atoms with Crippen LogP contribution in [0.2, 0.25) is 0 Å². The Morgan fingerprint density at radius 3 is 2.26 bits per heavy atom. The van der Waals surface area contributed by atoms with Gasteiger partial charge in [-0.25, -0.2) is 0 Å². The number of rotatable bonds is 6. The maximum absolute atomic E-state index is 13.4. The highest BCUT2D eigenvalue weighted by Crippen LogP contribution is 2.56. The van der Waals surface area contributed by atoms with Gasteiger partial charge in [0, 0.05) is 6.42 Å². The van der Waals surface area contributed by atoms with E-state index in [1.807, 2.05) is 36.4 Å². The van der Waals surface area contributed by atoms with Gasteiger partial charge in [-0.1, -0.05) is 42.5 Å². The Labute approximate surface area is 181 Å². The first kappa shape index (κ1) is 19.8. The number of fused-ring (bicyclic) bond motifs is 5. The number of hydrogen-bond acceptors (Lipinski definition) is 4. The minimum atomic E-state index is -0.891. The number of likely N-dealkylation sites (tertiary alicyclic amines) is 1. The Bertz CT molecular complexity index is 993. The molecular weight excluding hydrogens is 392 g/mol. The minimum absolute atomic E-state index is 0.168. The molecule has 6 heteroatoms. The smallest absolute Gasteiger partial charge is 0.248 e. The molecule has 2 aromatic carbocycles. The number of benzene rings is 2. The highest BCUT2D eigenvalue weighted by molar-refractivity contribution is 6.10. The number of anilines is 1. The van der Waals surface area contributed by atoms with E-state index in [4.69, 9.17) is 4.74 Å². The van der Waals surface area contributed by atoms with Gasteiger partial charge in [-0.3, -0.25) is 19.3 Å². The van der Waals surface area contributed by atoms with Crippen molar-refractivity contribution < 1.29 is 19.1 Å². The maximum atomic E-state index is 13.4. The van der Waals surface area contributed by atoms with Crippen molar-refractivity contribution in [2.45, 2.75) is 31.7 Å². The average molecular weight is 418 g/mol. The van der Waals surface area contributed by atoms with E-state index >= 15 is 0 Å². The van der Waals surface area contributed by atoms with E-state index in [1.54, 1.807) is 18.2 Å². The Morgan fingerprint density at radius 2 is 1.61 bits per heavy atom. The van der Waals surface area contributed by atoms with Gasteiger partial charge in [0.15, 0.2) is 0 Å². The monoisotopic (exact) mass is 418 g/mol. The summed E-state index contributed by atoms with van der Waals surface area (Å²) in [6, 6.07) is 15.8. The second-order valence-corrected chi connectivity index (χ2v) is 8.83. The van der Waals surface area contributed by atoms with E-state index < -0.39 is 6.04 Å². The lowest BCUT2D eigenvalue weighted by atomic mass is 9.81. The first-order valence-electron chi connectivity index (χ1n) is 10.9. The van der Waals surface area contributed by atoms with Crippen LogP contribution in [0.1, 0.15) is 24.8 Å². The first-order chi connectivity index (χ1) is 15.1. The standard InChI is InChI=1S/C25H26N2O4/c1-31-20-10-6-5-9-18(20)26-23(28)19(13-15-7-3-2-4-8-15)27-24(29)21-16-11-12-17(14-16)22(21)25(27)30/h2-10,16-17,19,21-22H,11-14H2,1H3,(H,26,28)/t16-,17+,19-,21+,22+/m1/s1. The predicted molar refractivity (Wildman–Crippen MR) is 115 cm³/mol. The summed E-state index contributed by atoms with van der Waals surface area (Å²) in [6.07, 6.45) is 3.27. The number of ether oxygens (including phenoxy) is 1. The largest absolute Gasteiger partial charge is 0.495 e. The molecule has 0 aromatic heterocycles. The van der Waals surface area contributed by atoms with Crippen LogP contribution < -0.4 is 10.1 Å². The zero-order valence-corrected chi connectivity index (χ0v) is 17.5. The molecule has 5 atom stereocenters. The third-order valence-electron chi connectivity index (χ3n) is 7.21. The Kier molecular flexibility index (Phi) is 5.00. The molecule has 2 aromatic rings. The second kappa shape index (κ2) is 7.84. The number of nitrogens with one attached hydrogen (secondary N) is 1. The molecule has 0 spiro atoms. The van der Waals surface area contributed by atoms with Gasteiger partial charge in [-0.2, -0.15) is 0 Å². The zero-order chi connectivity index (χ0) is 21.5. The third-order valence-corrected chi connectivity index (χ3v) is 7.21. The summed E-state index contributed by atoms with van der Waals surface area (Å²) in [5.74, 6) is -0.105. The molecule has 0 unspecified atom stereocenters. The highest BCUT2D eigenvalue weighted by Gasteiger charge is 2.62. The molecule has 5 rings (SSSR count). The molecular formula is C25H26N2O4. The van der Waals surface area contributed by atoms with Gasteiger partial charge in [-0.05, 0) is 48.8 Å². The summed E-state index contributed by atoms with van der Waals surface area (Å²) in [4.78, 5) is 41.5. The number of carbonyl (C=O) groups excluding carboxylic acids is 3. The van der Waals surface area contributed by atoms with Crippen molar-refractivity contribution in [3.05, 3.63) is 60.2 Å². The van der Waals surface area contributed by atoms with Crippen molar-refractivity contribution in [2.24, 2.45) is 23.7 Å². The topological polar surface area (TPSA) is 75.7 Å². The van der Waals surface area contributed by atoms with Gasteiger partial charge >= 0.3 is 0 Å². The van der Waals surface area contributed by atoms with E-state index in [2.05, 4.69) is 5.32 Å². The van der Waals surface area contributed by atoms with E-state index in [0.29, 0.717) is 11.4 Å². The summed E-state index contributed by atoms with van der Waals surface area (Å²) in [5, 5.41) is 2.89. The van der Waals surface area contributed by atoms with E-state index in [0.717, 1.165) is 24.8 Å². The number of para-hydroxylation sites is 2. The van der Waals surface area contributed by atoms with Crippen molar-refractivity contribution in [1.82, 2.24) is 4.90 Å². The summed E-state index contributed by atoms with van der Waals surface area (Å²) >= 11 is 0. The SMILES string of the molecule is COc1ccccc1NC(=O)[C@@H](Cc1ccccc1)N1C(=O)[C@H]2[C@@H]3CC[C@@H](C3)[C@@H]2C1=O. The average Bonchev–Trinajstić information content (AvgIpc) is 3.47. The van der Waals surface area contributed by atoms with Crippen molar-refractivity contribution in [3.63, 3.8) is 0 Å². The first-order valence-corrected chi connectivity index (χ1v) is 10.9. The van der Waals surface area contributed by atoms with Gasteiger partial charge < -0.3 is 10.1 Å². The van der Waals surface area contributed by atoms with Crippen LogP contribution in [0.5, 0.6) is 5.75 Å². The molecule has 1 aliphatic heterocycles. The Morgan fingerprint density at radius 1 is 1.00 bits per heavy atom. The fraction of sp³-hybridized carbons (Fsp3) is 0.400. The van der Waals surface area contributed by atoms with Crippen LogP contribution in [0.4, 0.5) is 5.69 Å². The van der Waals surface area contributed by atoms with Crippen molar-refractivity contribution in [1.29, 1.82) is 0 Å². The number of carbonyl (C=O) groups is 3. The molecule has 1 saturated heterocycles. The van der Waals surface area contributed by atoms with Crippen LogP contribution in [0.15, 0.2) is 54.6 Å². The molecule has 2 aliphatic carbocycles. The van der Waals surface area contributed by atoms with Crippen LogP contribution in [-0.2, 0) is 20.8 Å². The van der Waals surface area contributed by atoms with Crippen LogP contribution in [0.3, 0.4) is 0 Å². The van der Waals surface area contributed by atoms with Crippen LogP contribution in [0.25, 0.3) is 0 Å². The number of amides is 3. The molecule has 3 aliphatic rings. The van der Waals surface area contributed by atoms with Gasteiger partial charge in [0.25, 0.3) is 0 Å². The Balaban J connectivity index is 1.47. The molecule has 1 N–H and O–H groups in total. The quantitative estimate of drug-likeness (QED) is 0.731. The Hall–Kier alpha value is -3.15. The maximum Gasteiger partial charge on any atom is 0.248 e. The fourth-order valence-corrected chi connectivity index (χ4v) is 5.84. The molecule has 2 saturated carbocycles. The van der Waals surface area contributed by atoms with Crippen LogP contribution >= 0.6 is 0 Å². The summed E-state index contributed by atoms with van der Waals surface area (Å²) in [5.41, 5.74) is 1.43. The lowest BCUT2D eigenvalue weighted by molar-refractivity contribution is -0.147. The summed E-state index contributed by atoms with van der Waals surface area (Å²) < 4.78 is 5.35. The molecule has 1 heterocycles. The van der Waals surface area contributed by atoms with E-state index in [-0.39, 0.29) is 47.8 Å². The van der Waals surface area contributed by atoms with E-state index in [1.165, 1.54) is 12.0 Å². The normalized spacial score (nSPS) is 27.3. The highest BCUT2D eigenvalue weighted by atomic mass is 16.5. The molecule has 3 fully saturated rings. The molecule has 3 amide bonds. The fourth-order valence-electron chi connectivity index (χ4n) is 5.84. The van der Waals surface area contributed by atoms with Crippen molar-refractivity contribution in [3.8, 4) is 5.75 Å². The predicted octanol–water partition coefficient (Wildman–Crippen LogP) is 3.28. The zero-order valence-electron chi connectivity index (χ0n) is 17.5. The molecule has 160 valence electrons. The molecule has 6 nitrogen and oxygen atoms in total. The van der Waals surface area contributed by atoms with E-state index in [9.17, 15) is 14.4 Å². The van der Waals surface area contributed by atoms with Crippen LogP contribution in [-0.4, -0.2) is 35.8 Å². The molecule has 31 heavy (non-hydrogen) atoms. The van der Waals surface area contributed by atoms with Gasteiger partial charge in [0.2, 0.25) is 17.7 Å². The lowest BCUT2D eigenvalue weighted by Gasteiger charge is -2.27. The van der Waals surface area contributed by atoms with Gasteiger partial charge in [-0.15, -0.1) is 0 Å². The van der Waals surface area contributed by atoms with Gasteiger partial charge in [0.05, 0.1) is 24.6 Å². The lowest BCUT2D eigenvalue weighted by Crippen LogP contribution is -2.49. The molecule has 0 radical (unpaired) electrons.